The highest BCUT2D eigenvalue weighted by atomic mass is 16.6. The zero-order chi connectivity index (χ0) is 25.6. The second kappa shape index (κ2) is 20.6. The summed E-state index contributed by atoms with van der Waals surface area (Å²) in [6.45, 7) is 4.69. The average Bonchev–Trinajstić information content (AvgIpc) is 3.27. The molecule has 0 aromatic heterocycles. The van der Waals surface area contributed by atoms with Crippen molar-refractivity contribution in [2.75, 3.05) is 19.8 Å². The lowest BCUT2D eigenvalue weighted by Gasteiger charge is -2.27. The summed E-state index contributed by atoms with van der Waals surface area (Å²) in [7, 11) is 0. The fourth-order valence-electron chi connectivity index (χ4n) is 5.06. The standard InChI is InChI=1S/C32H54O4/c1-2-3-4-5-6-7-8-9-10-11-12-13-14-15-16-20-26-35-29-32(24-23-31(33)36-32)25-27-34-28-30-21-18-17-19-22-30/h17-19,21-22H,2-16,20,23-29H2,1H3. The van der Waals surface area contributed by atoms with Crippen molar-refractivity contribution in [2.24, 2.45) is 0 Å². The normalized spacial score (nSPS) is 17.5. The molecule has 36 heavy (non-hydrogen) atoms. The van der Waals surface area contributed by atoms with Gasteiger partial charge >= 0.3 is 5.97 Å². The van der Waals surface area contributed by atoms with Gasteiger partial charge in [-0.3, -0.25) is 4.79 Å². The van der Waals surface area contributed by atoms with Gasteiger partial charge in [-0.1, -0.05) is 134 Å². The number of rotatable bonds is 24. The number of cyclic esters (lactones) is 1. The number of esters is 1. The molecule has 1 aliphatic heterocycles. The van der Waals surface area contributed by atoms with Crippen LogP contribution in [0, 0.1) is 0 Å². The highest BCUT2D eigenvalue weighted by Gasteiger charge is 2.40. The van der Waals surface area contributed by atoms with E-state index in [0.717, 1.165) is 25.0 Å². The van der Waals surface area contributed by atoms with E-state index in [2.05, 4.69) is 19.1 Å². The number of ether oxygens (including phenoxy) is 3. The van der Waals surface area contributed by atoms with E-state index in [-0.39, 0.29) is 5.97 Å². The number of benzene rings is 1. The molecule has 206 valence electrons. The number of hydrogen-bond donors (Lipinski definition) is 0. The number of carbonyl (C=O) groups is 1. The molecular weight excluding hydrogens is 448 g/mol. The van der Waals surface area contributed by atoms with Gasteiger partial charge in [0.2, 0.25) is 0 Å². The van der Waals surface area contributed by atoms with Crippen LogP contribution in [0.25, 0.3) is 0 Å². The molecule has 0 saturated carbocycles. The Hall–Kier alpha value is -1.39. The molecule has 1 saturated heterocycles. The Morgan fingerprint density at radius 1 is 0.722 bits per heavy atom. The topological polar surface area (TPSA) is 44.8 Å². The molecule has 0 aliphatic carbocycles. The molecule has 1 aromatic carbocycles. The Morgan fingerprint density at radius 3 is 1.81 bits per heavy atom. The van der Waals surface area contributed by atoms with Crippen molar-refractivity contribution in [3.63, 3.8) is 0 Å². The third kappa shape index (κ3) is 15.0. The first kappa shape index (κ1) is 30.8. The molecule has 0 spiro atoms. The summed E-state index contributed by atoms with van der Waals surface area (Å²) < 4.78 is 17.5. The van der Waals surface area contributed by atoms with Gasteiger partial charge in [-0.25, -0.2) is 0 Å². The van der Waals surface area contributed by atoms with E-state index in [1.165, 1.54) is 96.3 Å². The predicted octanol–water partition coefficient (Wildman–Crippen LogP) is 8.95. The Kier molecular flexibility index (Phi) is 17.7. The first-order chi connectivity index (χ1) is 17.7. The lowest BCUT2D eigenvalue weighted by molar-refractivity contribution is -0.155. The van der Waals surface area contributed by atoms with Gasteiger partial charge in [0.25, 0.3) is 0 Å². The van der Waals surface area contributed by atoms with E-state index >= 15 is 0 Å². The van der Waals surface area contributed by atoms with Crippen molar-refractivity contribution in [1.29, 1.82) is 0 Å². The van der Waals surface area contributed by atoms with Crippen LogP contribution in [0.3, 0.4) is 0 Å². The third-order valence-corrected chi connectivity index (χ3v) is 7.44. The van der Waals surface area contributed by atoms with Crippen LogP contribution >= 0.6 is 0 Å². The summed E-state index contributed by atoms with van der Waals surface area (Å²) in [4.78, 5) is 11.8. The quantitative estimate of drug-likeness (QED) is 0.104. The van der Waals surface area contributed by atoms with Gasteiger partial charge in [0.1, 0.15) is 5.60 Å². The van der Waals surface area contributed by atoms with E-state index in [1.807, 2.05) is 18.2 Å². The van der Waals surface area contributed by atoms with Crippen LogP contribution < -0.4 is 0 Å². The molecule has 1 aliphatic rings. The van der Waals surface area contributed by atoms with Gasteiger partial charge < -0.3 is 14.2 Å². The van der Waals surface area contributed by atoms with Gasteiger partial charge in [-0.15, -0.1) is 0 Å². The zero-order valence-electron chi connectivity index (χ0n) is 23.3. The maximum Gasteiger partial charge on any atom is 0.306 e. The second-order valence-electron chi connectivity index (χ2n) is 10.8. The Bertz CT molecular complexity index is 647. The van der Waals surface area contributed by atoms with Crippen LogP contribution in [0.1, 0.15) is 134 Å². The molecule has 1 atom stereocenters. The van der Waals surface area contributed by atoms with Gasteiger partial charge in [0.15, 0.2) is 0 Å². The Labute approximate surface area is 221 Å². The zero-order valence-corrected chi connectivity index (χ0v) is 23.3. The highest BCUT2D eigenvalue weighted by Crippen LogP contribution is 2.31. The molecule has 1 heterocycles. The van der Waals surface area contributed by atoms with Crippen LogP contribution in [-0.4, -0.2) is 31.4 Å². The van der Waals surface area contributed by atoms with Crippen LogP contribution in [0.15, 0.2) is 30.3 Å². The van der Waals surface area contributed by atoms with E-state index in [0.29, 0.717) is 32.7 Å². The summed E-state index contributed by atoms with van der Waals surface area (Å²) in [6.07, 6.45) is 23.9. The fourth-order valence-corrected chi connectivity index (χ4v) is 5.06. The Balaban J connectivity index is 1.39. The SMILES string of the molecule is CCCCCCCCCCCCCCCCCCOCC1(CCOCc2ccccc2)CCC(=O)O1. The third-order valence-electron chi connectivity index (χ3n) is 7.44. The minimum absolute atomic E-state index is 0.107. The second-order valence-corrected chi connectivity index (χ2v) is 10.8. The lowest BCUT2D eigenvalue weighted by atomic mass is 9.97. The highest BCUT2D eigenvalue weighted by molar-refractivity contribution is 5.72. The van der Waals surface area contributed by atoms with E-state index in [4.69, 9.17) is 14.2 Å². The molecule has 1 unspecified atom stereocenters. The van der Waals surface area contributed by atoms with Crippen molar-refractivity contribution in [3.05, 3.63) is 35.9 Å². The minimum atomic E-state index is -0.497. The Morgan fingerprint density at radius 2 is 1.28 bits per heavy atom. The average molecular weight is 503 g/mol. The predicted molar refractivity (Wildman–Crippen MR) is 149 cm³/mol. The van der Waals surface area contributed by atoms with E-state index in [1.54, 1.807) is 0 Å². The largest absolute Gasteiger partial charge is 0.456 e. The number of carbonyl (C=O) groups excluding carboxylic acids is 1. The molecule has 4 heteroatoms. The monoisotopic (exact) mass is 502 g/mol. The van der Waals surface area contributed by atoms with Crippen molar-refractivity contribution in [2.45, 2.75) is 141 Å². The number of unbranched alkanes of at least 4 members (excludes halogenated alkanes) is 15. The molecule has 0 radical (unpaired) electrons. The molecule has 0 amide bonds. The van der Waals surface area contributed by atoms with Crippen LogP contribution in [-0.2, 0) is 25.6 Å². The molecular formula is C32H54O4. The maximum atomic E-state index is 11.8. The van der Waals surface area contributed by atoms with Gasteiger partial charge in [-0.05, 0) is 12.0 Å². The van der Waals surface area contributed by atoms with Crippen molar-refractivity contribution < 1.29 is 19.0 Å². The smallest absolute Gasteiger partial charge is 0.306 e. The van der Waals surface area contributed by atoms with Crippen molar-refractivity contribution in [3.8, 4) is 0 Å². The molecule has 1 fully saturated rings. The summed E-state index contributed by atoms with van der Waals surface area (Å²) in [6, 6.07) is 10.2. The summed E-state index contributed by atoms with van der Waals surface area (Å²) >= 11 is 0. The van der Waals surface area contributed by atoms with Gasteiger partial charge in [-0.2, -0.15) is 0 Å². The van der Waals surface area contributed by atoms with Crippen LogP contribution in [0.2, 0.25) is 0 Å². The summed E-state index contributed by atoms with van der Waals surface area (Å²) in [5.74, 6) is -0.107. The van der Waals surface area contributed by atoms with Crippen LogP contribution in [0.4, 0.5) is 0 Å². The number of hydrogen-bond acceptors (Lipinski definition) is 4. The maximum absolute atomic E-state index is 11.8. The van der Waals surface area contributed by atoms with Gasteiger partial charge in [0, 0.05) is 25.9 Å². The lowest BCUT2D eigenvalue weighted by Crippen LogP contribution is -2.36. The fraction of sp³-hybridized carbons (Fsp3) is 0.781. The molecule has 0 bridgehead atoms. The first-order valence-electron chi connectivity index (χ1n) is 15.2. The molecule has 4 nitrogen and oxygen atoms in total. The summed E-state index contributed by atoms with van der Waals surface area (Å²) in [5.41, 5.74) is 0.665. The molecule has 2 rings (SSSR count). The van der Waals surface area contributed by atoms with Crippen molar-refractivity contribution >= 4 is 5.97 Å². The van der Waals surface area contributed by atoms with Crippen LogP contribution in [0.5, 0.6) is 0 Å². The molecule has 0 N–H and O–H groups in total. The van der Waals surface area contributed by atoms with Crippen molar-refractivity contribution in [1.82, 2.24) is 0 Å². The first-order valence-corrected chi connectivity index (χ1v) is 15.2. The molecule has 1 aromatic rings. The van der Waals surface area contributed by atoms with Gasteiger partial charge in [0.05, 0.1) is 19.8 Å². The minimum Gasteiger partial charge on any atom is -0.456 e. The summed E-state index contributed by atoms with van der Waals surface area (Å²) in [5, 5.41) is 0. The van der Waals surface area contributed by atoms with E-state index in [9.17, 15) is 4.79 Å². The van der Waals surface area contributed by atoms with E-state index < -0.39 is 5.60 Å².